The van der Waals surface area contributed by atoms with Crippen LogP contribution in [-0.4, -0.2) is 34.5 Å². The number of carbonyl (C=O) groups is 1. The third-order valence-electron chi connectivity index (χ3n) is 1.84. The third-order valence-corrected chi connectivity index (χ3v) is 2.30. The van der Waals surface area contributed by atoms with E-state index in [9.17, 15) is 4.79 Å². The summed E-state index contributed by atoms with van der Waals surface area (Å²) in [5, 5.41) is 0. The van der Waals surface area contributed by atoms with Crippen LogP contribution in [0, 0.1) is 0 Å². The first kappa shape index (κ1) is 15.9. The zero-order valence-corrected chi connectivity index (χ0v) is 11.6. The first-order chi connectivity index (χ1) is 7.40. The quantitative estimate of drug-likeness (QED) is 0.569. The van der Waals surface area contributed by atoms with Crippen LogP contribution in [0.5, 0.6) is 0 Å². The predicted octanol–water partition coefficient (Wildman–Crippen LogP) is 3.78. The summed E-state index contributed by atoms with van der Waals surface area (Å²) in [5.74, 6) is 0. The summed E-state index contributed by atoms with van der Waals surface area (Å²) in [6.45, 7) is 5.24. The molecule has 1 amide bonds. The van der Waals surface area contributed by atoms with Crippen molar-refractivity contribution in [1.29, 1.82) is 0 Å². The minimum absolute atomic E-state index is 0.191. The minimum Gasteiger partial charge on any atom is -0.445 e. The van der Waals surface area contributed by atoms with Gasteiger partial charge in [-0.05, 0) is 13.8 Å². The van der Waals surface area contributed by atoms with Crippen molar-refractivity contribution in [3.8, 4) is 0 Å². The first-order valence-electron chi connectivity index (χ1n) is 5.04. The molecule has 0 aromatic heterocycles. The molecule has 0 fully saturated rings. The Morgan fingerprint density at radius 3 is 2.25 bits per heavy atom. The van der Waals surface area contributed by atoms with Gasteiger partial charge in [0, 0.05) is 19.5 Å². The molecular weight excluding hydrogens is 272 g/mol. The van der Waals surface area contributed by atoms with Crippen molar-refractivity contribution in [1.82, 2.24) is 4.90 Å². The number of amides is 1. The van der Waals surface area contributed by atoms with E-state index in [2.05, 4.69) is 0 Å². The van der Waals surface area contributed by atoms with Gasteiger partial charge in [0.2, 0.25) is 0 Å². The Hall–Kier alpha value is -0.120. The molecule has 0 N–H and O–H groups in total. The molecule has 94 valence electrons. The van der Waals surface area contributed by atoms with Crippen molar-refractivity contribution in [3.05, 3.63) is 12.2 Å². The lowest BCUT2D eigenvalue weighted by Gasteiger charge is -2.17. The van der Waals surface area contributed by atoms with Crippen LogP contribution in [0.25, 0.3) is 0 Å². The maximum absolute atomic E-state index is 11.4. The highest BCUT2D eigenvalue weighted by molar-refractivity contribution is 6.67. The lowest BCUT2D eigenvalue weighted by molar-refractivity contribution is 0.116. The van der Waals surface area contributed by atoms with Crippen molar-refractivity contribution in [2.45, 2.75) is 24.1 Å². The van der Waals surface area contributed by atoms with E-state index < -0.39 is 3.79 Å². The number of ether oxygens (including phenoxy) is 1. The average molecular weight is 289 g/mol. The van der Waals surface area contributed by atoms with E-state index >= 15 is 0 Å². The monoisotopic (exact) mass is 287 g/mol. The van der Waals surface area contributed by atoms with Gasteiger partial charge in [0.15, 0.2) is 3.79 Å². The number of alkyl halides is 3. The van der Waals surface area contributed by atoms with Gasteiger partial charge in [0.25, 0.3) is 0 Å². The molecule has 0 aromatic rings. The molecule has 0 aliphatic carbocycles. The second-order valence-electron chi connectivity index (χ2n) is 3.04. The maximum atomic E-state index is 11.4. The molecule has 0 radical (unpaired) electrons. The van der Waals surface area contributed by atoms with E-state index in [1.165, 1.54) is 0 Å². The van der Waals surface area contributed by atoms with E-state index in [4.69, 9.17) is 39.5 Å². The summed E-state index contributed by atoms with van der Waals surface area (Å²) < 4.78 is 3.68. The summed E-state index contributed by atoms with van der Waals surface area (Å²) >= 11 is 16.6. The summed E-state index contributed by atoms with van der Waals surface area (Å²) in [7, 11) is 0. The molecule has 0 saturated heterocycles. The highest BCUT2D eigenvalue weighted by Gasteiger charge is 2.16. The van der Waals surface area contributed by atoms with Crippen LogP contribution in [0.2, 0.25) is 0 Å². The first-order valence-corrected chi connectivity index (χ1v) is 6.17. The Kier molecular flexibility index (Phi) is 7.98. The van der Waals surface area contributed by atoms with Gasteiger partial charge in [-0.2, -0.15) is 0 Å². The van der Waals surface area contributed by atoms with Crippen molar-refractivity contribution >= 4 is 40.9 Å². The molecule has 0 bridgehead atoms. The number of hydrogen-bond acceptors (Lipinski definition) is 2. The molecule has 0 rings (SSSR count). The van der Waals surface area contributed by atoms with Crippen LogP contribution in [0.15, 0.2) is 12.2 Å². The standard InChI is InChI=1S/C10H16Cl3NO2/c1-3-14(4-2)9(15)16-8-6-5-7-10(11,12)13/h5-6H,3-4,7-8H2,1-2H3/b6-5+. The van der Waals surface area contributed by atoms with E-state index in [0.717, 1.165) is 0 Å². The van der Waals surface area contributed by atoms with Crippen LogP contribution >= 0.6 is 34.8 Å². The number of rotatable bonds is 5. The van der Waals surface area contributed by atoms with Gasteiger partial charge >= 0.3 is 6.09 Å². The molecule has 0 saturated carbocycles. The van der Waals surface area contributed by atoms with Crippen LogP contribution in [0.4, 0.5) is 4.79 Å². The van der Waals surface area contributed by atoms with Gasteiger partial charge in [-0.15, -0.1) is 0 Å². The van der Waals surface area contributed by atoms with Gasteiger partial charge in [0.1, 0.15) is 6.61 Å². The smallest absolute Gasteiger partial charge is 0.410 e. The highest BCUT2D eigenvalue weighted by Crippen LogP contribution is 2.30. The lowest BCUT2D eigenvalue weighted by atomic mass is 10.4. The molecule has 0 unspecified atom stereocenters. The van der Waals surface area contributed by atoms with Crippen LogP contribution in [-0.2, 0) is 4.74 Å². The summed E-state index contributed by atoms with van der Waals surface area (Å²) in [5.41, 5.74) is 0. The molecule has 16 heavy (non-hydrogen) atoms. The van der Waals surface area contributed by atoms with Gasteiger partial charge < -0.3 is 9.64 Å². The van der Waals surface area contributed by atoms with Crippen LogP contribution in [0.1, 0.15) is 20.3 Å². The van der Waals surface area contributed by atoms with Crippen molar-refractivity contribution in [2.75, 3.05) is 19.7 Å². The van der Waals surface area contributed by atoms with Crippen LogP contribution in [0.3, 0.4) is 0 Å². The topological polar surface area (TPSA) is 29.5 Å². The average Bonchev–Trinajstić information content (AvgIpc) is 2.17. The molecule has 3 nitrogen and oxygen atoms in total. The number of halogens is 3. The van der Waals surface area contributed by atoms with Gasteiger partial charge in [-0.25, -0.2) is 4.79 Å². The van der Waals surface area contributed by atoms with E-state index in [-0.39, 0.29) is 12.7 Å². The van der Waals surface area contributed by atoms with Crippen molar-refractivity contribution < 1.29 is 9.53 Å². The molecule has 0 atom stereocenters. The van der Waals surface area contributed by atoms with Gasteiger partial charge in [-0.3, -0.25) is 0 Å². The fourth-order valence-electron chi connectivity index (χ4n) is 0.977. The van der Waals surface area contributed by atoms with Gasteiger partial charge in [-0.1, -0.05) is 47.0 Å². The lowest BCUT2D eigenvalue weighted by Crippen LogP contribution is -2.31. The number of allylic oxidation sites excluding steroid dienone is 1. The number of nitrogens with zero attached hydrogens (tertiary/aromatic N) is 1. The molecular formula is C10H16Cl3NO2. The fourth-order valence-corrected chi connectivity index (χ4v) is 1.24. The van der Waals surface area contributed by atoms with Crippen molar-refractivity contribution in [3.63, 3.8) is 0 Å². The number of carbonyl (C=O) groups excluding carboxylic acids is 1. The van der Waals surface area contributed by atoms with E-state index in [0.29, 0.717) is 19.5 Å². The predicted molar refractivity (Wildman–Crippen MR) is 68.3 cm³/mol. The van der Waals surface area contributed by atoms with Crippen LogP contribution < -0.4 is 0 Å². The Bertz CT molecular complexity index is 235. The fraction of sp³-hybridized carbons (Fsp3) is 0.700. The molecule has 0 aliphatic rings. The Labute approximate surface area is 111 Å². The maximum Gasteiger partial charge on any atom is 0.410 e. The Balaban J connectivity index is 3.77. The SMILES string of the molecule is CCN(CC)C(=O)OC/C=C/CC(Cl)(Cl)Cl. The Morgan fingerprint density at radius 2 is 1.81 bits per heavy atom. The summed E-state index contributed by atoms with van der Waals surface area (Å²) in [6.07, 6.45) is 3.29. The Morgan fingerprint density at radius 1 is 1.25 bits per heavy atom. The molecule has 0 aliphatic heterocycles. The second kappa shape index (κ2) is 8.04. The summed E-state index contributed by atoms with van der Waals surface area (Å²) in [4.78, 5) is 12.9. The third kappa shape index (κ3) is 8.08. The van der Waals surface area contributed by atoms with Crippen molar-refractivity contribution in [2.24, 2.45) is 0 Å². The largest absolute Gasteiger partial charge is 0.445 e. The zero-order chi connectivity index (χ0) is 12.6. The molecule has 0 heterocycles. The zero-order valence-electron chi connectivity index (χ0n) is 9.38. The molecule has 0 spiro atoms. The molecule has 0 aromatic carbocycles. The second-order valence-corrected chi connectivity index (χ2v) is 5.56. The minimum atomic E-state index is -1.29. The van der Waals surface area contributed by atoms with E-state index in [1.54, 1.807) is 17.1 Å². The number of hydrogen-bond donors (Lipinski definition) is 0. The summed E-state index contributed by atoms with van der Waals surface area (Å²) in [6, 6.07) is 0. The normalized spacial score (nSPS) is 11.8. The molecule has 6 heteroatoms. The van der Waals surface area contributed by atoms with E-state index in [1.807, 2.05) is 13.8 Å². The van der Waals surface area contributed by atoms with Gasteiger partial charge in [0.05, 0.1) is 0 Å². The highest BCUT2D eigenvalue weighted by atomic mass is 35.6.